The number of hydrogen-bond acceptors (Lipinski definition) is 7. The number of hydrogen-bond donors (Lipinski definition) is 0. The number of methoxy groups -OCH3 is 2. The number of piperazine rings is 1. The highest BCUT2D eigenvalue weighted by Crippen LogP contribution is 2.36. The van der Waals surface area contributed by atoms with Gasteiger partial charge in [-0.1, -0.05) is 12.1 Å². The molecular weight excluding hydrogens is 466 g/mol. The summed E-state index contributed by atoms with van der Waals surface area (Å²) in [6.45, 7) is 2.07. The molecule has 0 N–H and O–H groups in total. The molecule has 3 aliphatic rings. The van der Waals surface area contributed by atoms with E-state index >= 15 is 0 Å². The molecule has 0 saturated carbocycles. The summed E-state index contributed by atoms with van der Waals surface area (Å²) >= 11 is 0. The van der Waals surface area contributed by atoms with E-state index in [1.54, 1.807) is 52.1 Å². The molecule has 0 unspecified atom stereocenters. The fraction of sp³-hybridized carbons (Fsp3) is 0.423. The summed E-state index contributed by atoms with van der Waals surface area (Å²) in [5, 5.41) is 0. The first-order valence-corrected chi connectivity index (χ1v) is 12.0. The van der Waals surface area contributed by atoms with Crippen molar-refractivity contribution in [3.63, 3.8) is 0 Å². The van der Waals surface area contributed by atoms with Crippen molar-refractivity contribution in [2.45, 2.75) is 12.5 Å². The van der Waals surface area contributed by atoms with Crippen LogP contribution in [0, 0.1) is 5.92 Å². The number of amides is 3. The van der Waals surface area contributed by atoms with Crippen LogP contribution in [0.5, 0.6) is 23.0 Å². The molecular formula is C26H29N3O7. The van der Waals surface area contributed by atoms with Gasteiger partial charge in [0.05, 0.1) is 25.8 Å². The lowest BCUT2D eigenvalue weighted by molar-refractivity contribution is -0.147. The van der Waals surface area contributed by atoms with Crippen LogP contribution in [0.15, 0.2) is 42.5 Å². The number of para-hydroxylation sites is 2. The van der Waals surface area contributed by atoms with Gasteiger partial charge in [0, 0.05) is 45.2 Å². The molecule has 3 aliphatic heterocycles. The zero-order valence-corrected chi connectivity index (χ0v) is 20.3. The Bertz CT molecular complexity index is 1160. The third-order valence-corrected chi connectivity index (χ3v) is 6.84. The van der Waals surface area contributed by atoms with Crippen molar-refractivity contribution in [2.75, 3.05) is 58.5 Å². The topological polar surface area (TPSA) is 97.9 Å². The highest BCUT2D eigenvalue weighted by atomic mass is 16.6. The van der Waals surface area contributed by atoms with Crippen molar-refractivity contribution < 1.29 is 33.3 Å². The van der Waals surface area contributed by atoms with Crippen LogP contribution in [0.25, 0.3) is 0 Å². The smallest absolute Gasteiger partial charge is 0.267 e. The van der Waals surface area contributed by atoms with Gasteiger partial charge in [-0.25, -0.2) is 0 Å². The molecule has 0 bridgehead atoms. The number of benzene rings is 2. The van der Waals surface area contributed by atoms with Gasteiger partial charge >= 0.3 is 0 Å². The van der Waals surface area contributed by atoms with Gasteiger partial charge in [0.1, 0.15) is 18.1 Å². The van der Waals surface area contributed by atoms with Gasteiger partial charge in [0.2, 0.25) is 17.9 Å². The van der Waals surface area contributed by atoms with E-state index in [0.29, 0.717) is 54.9 Å². The van der Waals surface area contributed by atoms with Crippen LogP contribution in [0.1, 0.15) is 6.42 Å². The normalized spacial score (nSPS) is 21.4. The fourth-order valence-electron chi connectivity index (χ4n) is 4.86. The quantitative estimate of drug-likeness (QED) is 0.621. The molecule has 190 valence electrons. The SMILES string of the molecule is COc1ccc(N2C[C@@H](C(=O)N3CCN(C(=O)[C@@H]4COc5ccccc5O4)CC3)CC2=O)c(OC)c1. The minimum Gasteiger partial charge on any atom is -0.497 e. The molecule has 10 heteroatoms. The molecule has 2 aromatic carbocycles. The van der Waals surface area contributed by atoms with Crippen molar-refractivity contribution >= 4 is 23.4 Å². The van der Waals surface area contributed by atoms with Crippen LogP contribution >= 0.6 is 0 Å². The highest BCUT2D eigenvalue weighted by molar-refractivity contribution is 6.01. The Morgan fingerprint density at radius 3 is 2.31 bits per heavy atom. The van der Waals surface area contributed by atoms with Gasteiger partial charge in [-0.15, -0.1) is 0 Å². The summed E-state index contributed by atoms with van der Waals surface area (Å²) in [5.41, 5.74) is 0.616. The first kappa shape index (κ1) is 23.8. The van der Waals surface area contributed by atoms with Gasteiger partial charge in [0.15, 0.2) is 11.5 Å². The van der Waals surface area contributed by atoms with Crippen molar-refractivity contribution in [1.29, 1.82) is 0 Å². The van der Waals surface area contributed by atoms with E-state index < -0.39 is 12.0 Å². The van der Waals surface area contributed by atoms with E-state index in [0.717, 1.165) is 0 Å². The average Bonchev–Trinajstić information content (AvgIpc) is 3.32. The molecule has 2 fully saturated rings. The molecule has 10 nitrogen and oxygen atoms in total. The molecule has 2 saturated heterocycles. The third-order valence-electron chi connectivity index (χ3n) is 6.84. The standard InChI is InChI=1S/C26H29N3O7/c1-33-18-7-8-19(22(14-18)34-2)29-15-17(13-24(29)30)25(31)27-9-11-28(12-10-27)26(32)23-16-35-20-5-3-4-6-21(20)36-23/h3-8,14,17,23H,9-13,15-16H2,1-2H3/t17-,23-/m0/s1. The second-order valence-corrected chi connectivity index (χ2v) is 8.96. The van der Waals surface area contributed by atoms with E-state index in [9.17, 15) is 14.4 Å². The Labute approximate surface area is 209 Å². The number of carbonyl (C=O) groups is 3. The lowest BCUT2D eigenvalue weighted by atomic mass is 10.1. The summed E-state index contributed by atoms with van der Waals surface area (Å²) in [6.07, 6.45) is -0.567. The number of fused-ring (bicyclic) bond motifs is 1. The monoisotopic (exact) mass is 495 g/mol. The number of ether oxygens (including phenoxy) is 4. The van der Waals surface area contributed by atoms with E-state index in [2.05, 4.69) is 0 Å². The second kappa shape index (κ2) is 9.96. The molecule has 0 aromatic heterocycles. The number of rotatable bonds is 5. The Hall–Kier alpha value is -3.95. The minimum atomic E-state index is -0.706. The summed E-state index contributed by atoms with van der Waals surface area (Å²) in [6, 6.07) is 12.5. The number of carbonyl (C=O) groups excluding carboxylic acids is 3. The molecule has 2 aromatic rings. The first-order chi connectivity index (χ1) is 17.5. The number of anilines is 1. The van der Waals surface area contributed by atoms with E-state index in [4.69, 9.17) is 18.9 Å². The fourth-order valence-corrected chi connectivity index (χ4v) is 4.86. The zero-order chi connectivity index (χ0) is 25.2. The van der Waals surface area contributed by atoms with Crippen molar-refractivity contribution in [1.82, 2.24) is 9.80 Å². The lowest BCUT2D eigenvalue weighted by Crippen LogP contribution is -2.56. The van der Waals surface area contributed by atoms with E-state index in [1.165, 1.54) is 7.11 Å². The Balaban J connectivity index is 1.17. The molecule has 3 amide bonds. The van der Waals surface area contributed by atoms with Gasteiger partial charge in [-0.3, -0.25) is 14.4 Å². The Kier molecular flexibility index (Phi) is 6.58. The van der Waals surface area contributed by atoms with Crippen LogP contribution < -0.4 is 23.8 Å². The van der Waals surface area contributed by atoms with E-state index in [1.807, 2.05) is 12.1 Å². The summed E-state index contributed by atoms with van der Waals surface area (Å²) in [5.74, 6) is 1.53. The predicted octanol–water partition coefficient (Wildman–Crippen LogP) is 1.57. The van der Waals surface area contributed by atoms with E-state index in [-0.39, 0.29) is 37.3 Å². The second-order valence-electron chi connectivity index (χ2n) is 8.96. The maximum absolute atomic E-state index is 13.2. The minimum absolute atomic E-state index is 0.0726. The van der Waals surface area contributed by atoms with Crippen molar-refractivity contribution in [3.05, 3.63) is 42.5 Å². The van der Waals surface area contributed by atoms with Crippen LogP contribution in [-0.2, 0) is 14.4 Å². The van der Waals surface area contributed by atoms with Crippen LogP contribution in [0.3, 0.4) is 0 Å². The molecule has 36 heavy (non-hydrogen) atoms. The first-order valence-electron chi connectivity index (χ1n) is 12.0. The summed E-state index contributed by atoms with van der Waals surface area (Å²) in [7, 11) is 3.10. The third kappa shape index (κ3) is 4.50. The molecule has 2 atom stereocenters. The maximum atomic E-state index is 13.2. The molecule has 0 spiro atoms. The molecule has 3 heterocycles. The summed E-state index contributed by atoms with van der Waals surface area (Å²) in [4.78, 5) is 44.1. The van der Waals surface area contributed by atoms with Gasteiger partial charge in [-0.2, -0.15) is 0 Å². The highest BCUT2D eigenvalue weighted by Gasteiger charge is 2.40. The van der Waals surface area contributed by atoms with Gasteiger partial charge in [0.25, 0.3) is 5.91 Å². The van der Waals surface area contributed by atoms with Gasteiger partial charge < -0.3 is 33.6 Å². The summed E-state index contributed by atoms with van der Waals surface area (Å²) < 4.78 is 22.2. The van der Waals surface area contributed by atoms with Crippen molar-refractivity contribution in [3.8, 4) is 23.0 Å². The van der Waals surface area contributed by atoms with Crippen LogP contribution in [0.2, 0.25) is 0 Å². The Morgan fingerprint density at radius 1 is 0.917 bits per heavy atom. The van der Waals surface area contributed by atoms with Crippen LogP contribution in [-0.4, -0.2) is 87.2 Å². The average molecular weight is 496 g/mol. The lowest BCUT2D eigenvalue weighted by Gasteiger charge is -2.38. The van der Waals surface area contributed by atoms with Crippen LogP contribution in [0.4, 0.5) is 5.69 Å². The van der Waals surface area contributed by atoms with Crippen molar-refractivity contribution in [2.24, 2.45) is 5.92 Å². The van der Waals surface area contributed by atoms with Gasteiger partial charge in [-0.05, 0) is 24.3 Å². The molecule has 5 rings (SSSR count). The molecule has 0 aliphatic carbocycles. The number of nitrogens with zero attached hydrogens (tertiary/aromatic N) is 3. The largest absolute Gasteiger partial charge is 0.497 e. The molecule has 0 radical (unpaired) electrons. The predicted molar refractivity (Wildman–Crippen MR) is 130 cm³/mol. The zero-order valence-electron chi connectivity index (χ0n) is 20.3. The Morgan fingerprint density at radius 2 is 1.61 bits per heavy atom. The maximum Gasteiger partial charge on any atom is 0.267 e.